The first-order valence-electron chi connectivity index (χ1n) is 6.47. The normalized spacial score (nSPS) is 12.4. The van der Waals surface area contributed by atoms with E-state index in [0.717, 1.165) is 5.56 Å². The number of aryl methyl sites for hydroxylation is 2. The number of hydrogen-bond donors (Lipinski definition) is 1. The maximum absolute atomic E-state index is 12.5. The summed E-state index contributed by atoms with van der Waals surface area (Å²) in [6.07, 6.45) is 3.59. The fraction of sp³-hybridized carbons (Fsp3) is 0.429. The van der Waals surface area contributed by atoms with Gasteiger partial charge in [0.25, 0.3) is 0 Å². The number of rotatable bonds is 5. The van der Waals surface area contributed by atoms with Crippen LogP contribution in [0, 0.1) is 6.92 Å². The fourth-order valence-electron chi connectivity index (χ4n) is 2.12. The van der Waals surface area contributed by atoms with E-state index < -0.39 is 0 Å². The van der Waals surface area contributed by atoms with E-state index in [-0.39, 0.29) is 11.9 Å². The van der Waals surface area contributed by atoms with Crippen LogP contribution in [-0.4, -0.2) is 34.7 Å². The Balaban J connectivity index is 2.08. The second-order valence-electron chi connectivity index (χ2n) is 4.88. The second-order valence-corrected chi connectivity index (χ2v) is 6.25. The van der Waals surface area contributed by atoms with Crippen molar-refractivity contribution in [2.45, 2.75) is 19.5 Å². The van der Waals surface area contributed by atoms with Crippen molar-refractivity contribution in [3.05, 3.63) is 39.8 Å². The Bertz CT molecular complexity index is 590. The molecule has 0 spiro atoms. The van der Waals surface area contributed by atoms with Gasteiger partial charge in [-0.3, -0.25) is 9.48 Å². The molecule has 0 saturated heterocycles. The van der Waals surface area contributed by atoms with Crippen LogP contribution in [0.2, 0.25) is 0 Å². The number of amides is 1. The Morgan fingerprint density at radius 2 is 2.30 bits per heavy atom. The van der Waals surface area contributed by atoms with Gasteiger partial charge in [0.05, 0.1) is 12.7 Å². The first-order chi connectivity index (χ1) is 9.51. The zero-order valence-corrected chi connectivity index (χ0v) is 13.1. The number of carbonyl (C=O) groups is 1. The monoisotopic (exact) mass is 292 g/mol. The van der Waals surface area contributed by atoms with E-state index in [9.17, 15) is 4.79 Å². The predicted octanol–water partition coefficient (Wildman–Crippen LogP) is 1.71. The Morgan fingerprint density at radius 1 is 1.55 bits per heavy atom. The predicted molar refractivity (Wildman–Crippen MR) is 80.5 cm³/mol. The summed E-state index contributed by atoms with van der Waals surface area (Å²) in [5, 5.41) is 7.18. The largest absolute Gasteiger partial charge is 0.339 e. The average Bonchev–Trinajstić information content (AvgIpc) is 2.99. The van der Waals surface area contributed by atoms with Gasteiger partial charge in [0.1, 0.15) is 6.04 Å². The lowest BCUT2D eigenvalue weighted by molar-refractivity contribution is -0.132. The molecule has 2 aromatic rings. The summed E-state index contributed by atoms with van der Waals surface area (Å²) in [5.74, 6) is 0.0477. The smallest absolute Gasteiger partial charge is 0.244 e. The van der Waals surface area contributed by atoms with Crippen LogP contribution in [0.15, 0.2) is 24.5 Å². The van der Waals surface area contributed by atoms with Crippen LogP contribution in [-0.2, 0) is 18.4 Å². The van der Waals surface area contributed by atoms with Gasteiger partial charge in [-0.1, -0.05) is 0 Å². The van der Waals surface area contributed by atoms with E-state index >= 15 is 0 Å². The molecule has 2 rings (SSSR count). The van der Waals surface area contributed by atoms with E-state index in [0.29, 0.717) is 6.54 Å². The number of aromatic nitrogens is 2. The third-order valence-electron chi connectivity index (χ3n) is 3.16. The molecule has 0 bridgehead atoms. The lowest BCUT2D eigenvalue weighted by Gasteiger charge is -2.22. The van der Waals surface area contributed by atoms with E-state index in [1.807, 2.05) is 20.3 Å². The third kappa shape index (κ3) is 3.26. The number of carbonyl (C=O) groups excluding carboxylic acids is 1. The molecule has 2 heterocycles. The molecule has 1 unspecified atom stereocenters. The molecule has 0 aliphatic carbocycles. The molecule has 5 nitrogen and oxygen atoms in total. The zero-order valence-electron chi connectivity index (χ0n) is 12.3. The summed E-state index contributed by atoms with van der Waals surface area (Å²) in [6, 6.07) is 3.80. The van der Waals surface area contributed by atoms with E-state index in [2.05, 4.69) is 29.5 Å². The van der Waals surface area contributed by atoms with Gasteiger partial charge in [-0.25, -0.2) is 0 Å². The summed E-state index contributed by atoms with van der Waals surface area (Å²) >= 11 is 1.72. The third-order valence-corrected chi connectivity index (χ3v) is 4.14. The number of nitrogens with one attached hydrogen (secondary N) is 1. The highest BCUT2D eigenvalue weighted by Gasteiger charge is 2.23. The minimum absolute atomic E-state index is 0.0477. The molecule has 0 fully saturated rings. The van der Waals surface area contributed by atoms with Crippen molar-refractivity contribution in [3.63, 3.8) is 0 Å². The Kier molecular flexibility index (Phi) is 4.57. The first-order valence-corrected chi connectivity index (χ1v) is 7.29. The molecule has 6 heteroatoms. The Labute approximate surface area is 123 Å². The van der Waals surface area contributed by atoms with Crippen LogP contribution in [0.1, 0.15) is 21.4 Å². The van der Waals surface area contributed by atoms with Gasteiger partial charge in [-0.05, 0) is 26.1 Å². The molecule has 0 aromatic carbocycles. The highest BCUT2D eigenvalue weighted by molar-refractivity contribution is 7.11. The number of nitrogens with zero attached hydrogens (tertiary/aromatic N) is 3. The fourth-order valence-corrected chi connectivity index (χ4v) is 3.07. The van der Waals surface area contributed by atoms with Crippen LogP contribution in [0.5, 0.6) is 0 Å². The number of likely N-dealkylation sites (N-methyl/N-ethyl adjacent to an activating group) is 2. The van der Waals surface area contributed by atoms with Gasteiger partial charge in [0.2, 0.25) is 5.91 Å². The van der Waals surface area contributed by atoms with Crippen molar-refractivity contribution in [2.75, 3.05) is 14.1 Å². The number of hydrogen-bond acceptors (Lipinski definition) is 4. The molecular formula is C14H20N4OS. The average molecular weight is 292 g/mol. The lowest BCUT2D eigenvalue weighted by atomic mass is 10.1. The summed E-state index contributed by atoms with van der Waals surface area (Å²) < 4.78 is 1.70. The maximum Gasteiger partial charge on any atom is 0.244 e. The van der Waals surface area contributed by atoms with Crippen molar-refractivity contribution < 1.29 is 4.79 Å². The van der Waals surface area contributed by atoms with Crippen LogP contribution < -0.4 is 5.32 Å². The SMILES string of the molecule is CNC(C(=O)N(C)Cc1ccc(C)s1)c1cnn(C)c1. The van der Waals surface area contributed by atoms with E-state index in [1.165, 1.54) is 9.75 Å². The van der Waals surface area contributed by atoms with Gasteiger partial charge in [-0.15, -0.1) is 11.3 Å². The molecule has 0 saturated carbocycles. The standard InChI is InChI=1S/C14H20N4OS/c1-10-5-6-12(20-10)9-17(3)14(19)13(15-2)11-7-16-18(4)8-11/h5-8,13,15H,9H2,1-4H3. The number of thiophene rings is 1. The summed E-state index contributed by atoms with van der Waals surface area (Å²) in [4.78, 5) is 16.7. The van der Waals surface area contributed by atoms with Gasteiger partial charge < -0.3 is 10.2 Å². The highest BCUT2D eigenvalue weighted by atomic mass is 32.1. The van der Waals surface area contributed by atoms with Crippen LogP contribution in [0.25, 0.3) is 0 Å². The molecule has 20 heavy (non-hydrogen) atoms. The van der Waals surface area contributed by atoms with E-state index in [1.54, 1.807) is 34.2 Å². The van der Waals surface area contributed by atoms with Crippen molar-refractivity contribution in [1.82, 2.24) is 20.0 Å². The summed E-state index contributed by atoms with van der Waals surface area (Å²) in [6.45, 7) is 2.71. The first kappa shape index (κ1) is 14.7. The molecule has 108 valence electrons. The molecule has 2 aromatic heterocycles. The molecule has 1 N–H and O–H groups in total. The summed E-state index contributed by atoms with van der Waals surface area (Å²) in [5.41, 5.74) is 0.884. The Hall–Kier alpha value is -1.66. The molecule has 0 radical (unpaired) electrons. The Morgan fingerprint density at radius 3 is 2.80 bits per heavy atom. The highest BCUT2D eigenvalue weighted by Crippen LogP contribution is 2.19. The zero-order chi connectivity index (χ0) is 14.7. The van der Waals surface area contributed by atoms with Crippen molar-refractivity contribution in [2.24, 2.45) is 7.05 Å². The minimum Gasteiger partial charge on any atom is -0.339 e. The van der Waals surface area contributed by atoms with E-state index in [4.69, 9.17) is 0 Å². The summed E-state index contributed by atoms with van der Waals surface area (Å²) in [7, 11) is 5.47. The van der Waals surface area contributed by atoms with Gasteiger partial charge in [-0.2, -0.15) is 5.10 Å². The maximum atomic E-state index is 12.5. The molecular weight excluding hydrogens is 272 g/mol. The molecule has 1 atom stereocenters. The lowest BCUT2D eigenvalue weighted by Crippen LogP contribution is -2.36. The van der Waals surface area contributed by atoms with Crippen molar-refractivity contribution >= 4 is 17.2 Å². The van der Waals surface area contributed by atoms with Gasteiger partial charge in [0, 0.05) is 35.6 Å². The van der Waals surface area contributed by atoms with Crippen molar-refractivity contribution in [3.8, 4) is 0 Å². The van der Waals surface area contributed by atoms with Gasteiger partial charge >= 0.3 is 0 Å². The quantitative estimate of drug-likeness (QED) is 0.912. The van der Waals surface area contributed by atoms with Gasteiger partial charge in [0.15, 0.2) is 0 Å². The topological polar surface area (TPSA) is 50.2 Å². The molecule has 0 aliphatic heterocycles. The van der Waals surface area contributed by atoms with Crippen LogP contribution in [0.3, 0.4) is 0 Å². The van der Waals surface area contributed by atoms with Crippen LogP contribution in [0.4, 0.5) is 0 Å². The molecule has 0 aliphatic rings. The van der Waals surface area contributed by atoms with Crippen LogP contribution >= 0.6 is 11.3 Å². The second kappa shape index (κ2) is 6.19. The van der Waals surface area contributed by atoms with Crippen molar-refractivity contribution in [1.29, 1.82) is 0 Å². The molecule has 1 amide bonds. The minimum atomic E-state index is -0.352.